The third-order valence-electron chi connectivity index (χ3n) is 5.31. The van der Waals surface area contributed by atoms with Gasteiger partial charge < -0.3 is 5.73 Å². The van der Waals surface area contributed by atoms with E-state index in [4.69, 9.17) is 5.73 Å². The van der Waals surface area contributed by atoms with Crippen LogP contribution >= 0.6 is 0 Å². The molecule has 0 aromatic carbocycles. The Balaban J connectivity index is 2.01. The average Bonchev–Trinajstić information content (AvgIpc) is 2.38. The predicted molar refractivity (Wildman–Crippen MR) is 70.2 cm³/mol. The third-order valence-corrected chi connectivity index (χ3v) is 5.31. The molecule has 2 saturated carbocycles. The maximum atomic E-state index is 5.99. The molecule has 1 heteroatoms. The number of hydrogen-bond donors (Lipinski definition) is 1. The maximum Gasteiger partial charge on any atom is -0.00461 e. The molecule has 0 aromatic heterocycles. The second kappa shape index (κ2) is 6.05. The van der Waals surface area contributed by atoms with Gasteiger partial charge in [0.25, 0.3) is 0 Å². The van der Waals surface area contributed by atoms with Crippen molar-refractivity contribution in [1.29, 1.82) is 0 Å². The molecule has 0 spiro atoms. The first-order valence-corrected chi connectivity index (χ1v) is 7.56. The van der Waals surface area contributed by atoms with Crippen LogP contribution in [0.5, 0.6) is 0 Å². The van der Waals surface area contributed by atoms with Crippen LogP contribution in [0.1, 0.15) is 64.7 Å². The quantitative estimate of drug-likeness (QED) is 0.770. The fourth-order valence-corrected chi connectivity index (χ4v) is 4.40. The molecule has 0 amide bonds. The minimum atomic E-state index is 0.853. The van der Waals surface area contributed by atoms with Crippen LogP contribution in [0.4, 0.5) is 0 Å². The van der Waals surface area contributed by atoms with Gasteiger partial charge in [0, 0.05) is 0 Å². The van der Waals surface area contributed by atoms with Crippen molar-refractivity contribution in [3.05, 3.63) is 0 Å². The molecule has 2 N–H and O–H groups in total. The highest BCUT2D eigenvalue weighted by Crippen LogP contribution is 2.44. The zero-order chi connectivity index (χ0) is 11.4. The summed E-state index contributed by atoms with van der Waals surface area (Å²) in [5, 5.41) is 0. The Hall–Kier alpha value is -0.0400. The summed E-state index contributed by atoms with van der Waals surface area (Å²) in [6.07, 6.45) is 13.1. The molecule has 4 unspecified atom stereocenters. The van der Waals surface area contributed by atoms with Crippen molar-refractivity contribution in [3.63, 3.8) is 0 Å². The van der Waals surface area contributed by atoms with Crippen molar-refractivity contribution < 1.29 is 0 Å². The van der Waals surface area contributed by atoms with Gasteiger partial charge in [0.05, 0.1) is 0 Å². The Bertz CT molecular complexity index is 180. The molecule has 0 bridgehead atoms. The lowest BCUT2D eigenvalue weighted by molar-refractivity contribution is 0.0827. The smallest absolute Gasteiger partial charge is 0.00461 e. The number of hydrogen-bond acceptors (Lipinski definition) is 1. The third kappa shape index (κ3) is 2.61. The van der Waals surface area contributed by atoms with E-state index in [-0.39, 0.29) is 0 Å². The van der Waals surface area contributed by atoms with E-state index in [1.54, 1.807) is 0 Å². The summed E-state index contributed by atoms with van der Waals surface area (Å²) in [5.41, 5.74) is 5.99. The summed E-state index contributed by atoms with van der Waals surface area (Å²) < 4.78 is 0. The molecule has 2 fully saturated rings. The molecule has 0 aliphatic heterocycles. The average molecular weight is 223 g/mol. The van der Waals surface area contributed by atoms with Gasteiger partial charge in [-0.2, -0.15) is 0 Å². The molecule has 2 rings (SSSR count). The van der Waals surface area contributed by atoms with Crippen LogP contribution < -0.4 is 5.73 Å². The second-order valence-electron chi connectivity index (χ2n) is 6.06. The van der Waals surface area contributed by atoms with Gasteiger partial charge in [-0.3, -0.25) is 0 Å². The summed E-state index contributed by atoms with van der Waals surface area (Å²) in [6.45, 7) is 3.33. The lowest BCUT2D eigenvalue weighted by atomic mass is 9.63. The van der Waals surface area contributed by atoms with Crippen LogP contribution in [0.15, 0.2) is 0 Å². The van der Waals surface area contributed by atoms with E-state index in [1.165, 1.54) is 57.8 Å². The molecule has 1 nitrogen and oxygen atoms in total. The predicted octanol–water partition coefficient (Wildman–Crippen LogP) is 3.97. The van der Waals surface area contributed by atoms with Gasteiger partial charge in [0.15, 0.2) is 0 Å². The molecular weight excluding hydrogens is 194 g/mol. The summed E-state index contributed by atoms with van der Waals surface area (Å²) in [7, 11) is 0. The Morgan fingerprint density at radius 2 is 1.31 bits per heavy atom. The number of rotatable bonds is 3. The van der Waals surface area contributed by atoms with Crippen LogP contribution in [0.3, 0.4) is 0 Å². The molecule has 0 saturated heterocycles. The van der Waals surface area contributed by atoms with E-state index in [1.807, 2.05) is 0 Å². The van der Waals surface area contributed by atoms with Gasteiger partial charge in [0.1, 0.15) is 0 Å². The zero-order valence-corrected chi connectivity index (χ0v) is 11.0. The molecule has 2 aliphatic rings. The van der Waals surface area contributed by atoms with E-state index in [0.29, 0.717) is 0 Å². The molecular formula is C15H29N. The highest BCUT2D eigenvalue weighted by atomic mass is 14.6. The summed E-state index contributed by atoms with van der Waals surface area (Å²) in [4.78, 5) is 0. The fraction of sp³-hybridized carbons (Fsp3) is 1.00. The first-order chi connectivity index (χ1) is 7.86. The lowest BCUT2D eigenvalue weighted by Gasteiger charge is -2.42. The van der Waals surface area contributed by atoms with E-state index in [2.05, 4.69) is 6.92 Å². The molecule has 2 aliphatic carbocycles. The molecule has 0 heterocycles. The van der Waals surface area contributed by atoms with Crippen LogP contribution in [-0.4, -0.2) is 6.54 Å². The van der Waals surface area contributed by atoms with Gasteiger partial charge in [-0.25, -0.2) is 0 Å². The molecule has 16 heavy (non-hydrogen) atoms. The largest absolute Gasteiger partial charge is 0.330 e. The van der Waals surface area contributed by atoms with Crippen LogP contribution in [0.25, 0.3) is 0 Å². The van der Waals surface area contributed by atoms with Crippen LogP contribution in [0, 0.1) is 23.7 Å². The normalized spacial score (nSPS) is 40.9. The van der Waals surface area contributed by atoms with Crippen LogP contribution in [0.2, 0.25) is 0 Å². The van der Waals surface area contributed by atoms with Crippen LogP contribution in [-0.2, 0) is 0 Å². The highest BCUT2D eigenvalue weighted by Gasteiger charge is 2.35. The summed E-state index contributed by atoms with van der Waals surface area (Å²) >= 11 is 0. The van der Waals surface area contributed by atoms with Crippen molar-refractivity contribution in [2.75, 3.05) is 6.54 Å². The first-order valence-electron chi connectivity index (χ1n) is 7.56. The van der Waals surface area contributed by atoms with Gasteiger partial charge in [-0.15, -0.1) is 0 Å². The highest BCUT2D eigenvalue weighted by molar-refractivity contribution is 4.86. The van der Waals surface area contributed by atoms with Crippen molar-refractivity contribution in [3.8, 4) is 0 Å². The van der Waals surface area contributed by atoms with Crippen molar-refractivity contribution in [2.24, 2.45) is 29.4 Å². The SMILES string of the molecule is CCC1CCCCC1C1CCCCC1CN. The van der Waals surface area contributed by atoms with Crippen molar-refractivity contribution in [2.45, 2.75) is 64.7 Å². The first kappa shape index (κ1) is 12.4. The Labute approximate surface area is 101 Å². The molecule has 0 radical (unpaired) electrons. The lowest BCUT2D eigenvalue weighted by Crippen LogP contribution is -2.36. The topological polar surface area (TPSA) is 26.0 Å². The van der Waals surface area contributed by atoms with Gasteiger partial charge >= 0.3 is 0 Å². The van der Waals surface area contributed by atoms with E-state index in [9.17, 15) is 0 Å². The van der Waals surface area contributed by atoms with Crippen molar-refractivity contribution in [1.82, 2.24) is 0 Å². The molecule has 4 atom stereocenters. The minimum absolute atomic E-state index is 0.853. The maximum absolute atomic E-state index is 5.99. The van der Waals surface area contributed by atoms with E-state index >= 15 is 0 Å². The second-order valence-corrected chi connectivity index (χ2v) is 6.06. The Morgan fingerprint density at radius 3 is 1.88 bits per heavy atom. The minimum Gasteiger partial charge on any atom is -0.330 e. The van der Waals surface area contributed by atoms with Gasteiger partial charge in [-0.05, 0) is 49.5 Å². The Morgan fingerprint density at radius 1 is 0.812 bits per heavy atom. The summed E-state index contributed by atoms with van der Waals surface area (Å²) in [6, 6.07) is 0. The zero-order valence-electron chi connectivity index (χ0n) is 11.0. The Kier molecular flexibility index (Phi) is 4.69. The number of nitrogens with two attached hydrogens (primary N) is 1. The molecule has 0 aromatic rings. The van der Waals surface area contributed by atoms with E-state index < -0.39 is 0 Å². The summed E-state index contributed by atoms with van der Waals surface area (Å²) in [5.74, 6) is 3.87. The standard InChI is InChI=1S/C15H29N/c1-2-12-7-3-5-9-14(12)15-10-6-4-8-13(15)11-16/h12-15H,2-11,16H2,1H3. The molecule has 94 valence electrons. The van der Waals surface area contributed by atoms with E-state index in [0.717, 1.165) is 30.2 Å². The van der Waals surface area contributed by atoms with Crippen molar-refractivity contribution >= 4 is 0 Å². The van der Waals surface area contributed by atoms with Gasteiger partial charge in [0.2, 0.25) is 0 Å². The monoisotopic (exact) mass is 223 g/mol. The van der Waals surface area contributed by atoms with Gasteiger partial charge in [-0.1, -0.05) is 45.4 Å². The fourth-order valence-electron chi connectivity index (χ4n) is 4.40.